The predicted molar refractivity (Wildman–Crippen MR) is 118 cm³/mol. The number of benzene rings is 1. The van der Waals surface area contributed by atoms with Crippen LogP contribution < -0.4 is 14.8 Å². The van der Waals surface area contributed by atoms with E-state index < -0.39 is 18.5 Å². The van der Waals surface area contributed by atoms with Crippen LogP contribution in [0.25, 0.3) is 0 Å². The zero-order valence-corrected chi connectivity index (χ0v) is 19.5. The van der Waals surface area contributed by atoms with Crippen LogP contribution in [0, 0.1) is 11.3 Å². The summed E-state index contributed by atoms with van der Waals surface area (Å²) in [7, 11) is 2.61. The Labute approximate surface area is 189 Å². The molecule has 1 aliphatic rings. The van der Waals surface area contributed by atoms with Crippen molar-refractivity contribution < 1.29 is 32.6 Å². The molecule has 174 valence electrons. The summed E-state index contributed by atoms with van der Waals surface area (Å²) in [5, 5.41) is 3.22. The molecule has 6 nitrogen and oxygen atoms in total. The molecule has 1 amide bonds. The zero-order valence-electron chi connectivity index (χ0n) is 18.7. The minimum Gasteiger partial charge on any atom is -0.493 e. The second kappa shape index (κ2) is 9.44. The number of carbonyl (C=O) groups is 2. The van der Waals surface area contributed by atoms with E-state index in [4.69, 9.17) is 9.47 Å². The third-order valence-corrected chi connectivity index (χ3v) is 6.92. The van der Waals surface area contributed by atoms with Crippen molar-refractivity contribution in [2.24, 2.45) is 11.3 Å². The Kier molecular flexibility index (Phi) is 7.07. The number of esters is 1. The molecule has 2 aromatic rings. The highest BCUT2D eigenvalue weighted by Crippen LogP contribution is 2.44. The summed E-state index contributed by atoms with van der Waals surface area (Å²) in [6.07, 6.45) is 2.52. The van der Waals surface area contributed by atoms with Gasteiger partial charge in [-0.1, -0.05) is 20.8 Å². The maximum atomic E-state index is 12.9. The van der Waals surface area contributed by atoms with E-state index in [0.717, 1.165) is 29.7 Å². The molecular weight excluding hydrogens is 440 g/mol. The lowest BCUT2D eigenvalue weighted by Crippen LogP contribution is -2.26. The lowest BCUT2D eigenvalue weighted by Gasteiger charge is -2.33. The molecule has 32 heavy (non-hydrogen) atoms. The summed E-state index contributed by atoms with van der Waals surface area (Å²) in [5.74, 6) is -0.693. The number of ether oxygens (including phenoxy) is 3. The first kappa shape index (κ1) is 24.0. The number of fused-ring (bicyclic) bond motifs is 1. The SMILES string of the molecule is COC(=O)c1c(NC(=O)c2ccc(OC(F)F)c(OC)c2)sc2c1CC[C@@H](C(C)(C)C)C2. The van der Waals surface area contributed by atoms with E-state index in [1.165, 1.54) is 43.8 Å². The Hall–Kier alpha value is -2.68. The second-order valence-corrected chi connectivity index (χ2v) is 9.81. The highest BCUT2D eigenvalue weighted by atomic mass is 32.1. The average Bonchev–Trinajstić information content (AvgIpc) is 3.09. The van der Waals surface area contributed by atoms with Crippen molar-refractivity contribution in [2.45, 2.75) is 46.6 Å². The zero-order chi connectivity index (χ0) is 23.6. The number of methoxy groups -OCH3 is 2. The molecule has 0 fully saturated rings. The van der Waals surface area contributed by atoms with Gasteiger partial charge in [0.25, 0.3) is 5.91 Å². The van der Waals surface area contributed by atoms with Gasteiger partial charge >= 0.3 is 12.6 Å². The van der Waals surface area contributed by atoms with Crippen molar-refractivity contribution in [1.82, 2.24) is 0 Å². The van der Waals surface area contributed by atoms with Crippen molar-refractivity contribution >= 4 is 28.2 Å². The molecular formula is C23H27F2NO5S. The molecule has 0 unspecified atom stereocenters. The van der Waals surface area contributed by atoms with Gasteiger partial charge in [-0.3, -0.25) is 4.79 Å². The number of rotatable bonds is 6. The smallest absolute Gasteiger partial charge is 0.387 e. The number of halogens is 2. The predicted octanol–water partition coefficient (Wildman–Crippen LogP) is 5.55. The fourth-order valence-corrected chi connectivity index (χ4v) is 5.22. The summed E-state index contributed by atoms with van der Waals surface area (Å²) in [5.41, 5.74) is 1.63. The molecule has 9 heteroatoms. The Bertz CT molecular complexity index is 1010. The van der Waals surface area contributed by atoms with Gasteiger partial charge in [0.1, 0.15) is 5.00 Å². The van der Waals surface area contributed by atoms with E-state index in [-0.39, 0.29) is 22.5 Å². The standard InChI is InChI=1S/C23H27F2NO5S/c1-23(2,3)13-7-8-14-17(11-13)32-20(18(14)21(28)30-5)26-19(27)12-6-9-15(31-22(24)25)16(10-12)29-4/h6,9-10,13,22H,7-8,11H2,1-5H3,(H,26,27)/t13-/m1/s1. The average molecular weight is 468 g/mol. The fraction of sp³-hybridized carbons (Fsp3) is 0.478. The molecule has 1 aromatic carbocycles. The Morgan fingerprint density at radius 3 is 2.50 bits per heavy atom. The normalized spacial score (nSPS) is 15.8. The van der Waals surface area contributed by atoms with Gasteiger partial charge in [0, 0.05) is 10.4 Å². The summed E-state index contributed by atoms with van der Waals surface area (Å²) in [6.45, 7) is 3.60. The number of carbonyl (C=O) groups excluding carboxylic acids is 2. The molecule has 0 aliphatic heterocycles. The third kappa shape index (κ3) is 5.03. The molecule has 0 saturated carbocycles. The lowest BCUT2D eigenvalue weighted by atomic mass is 9.72. The first-order valence-electron chi connectivity index (χ1n) is 10.2. The van der Waals surface area contributed by atoms with Gasteiger partial charge < -0.3 is 19.5 Å². The molecule has 0 spiro atoms. The third-order valence-electron chi connectivity index (χ3n) is 5.75. The number of thiophene rings is 1. The fourth-order valence-electron chi connectivity index (χ4n) is 3.91. The molecule has 1 aromatic heterocycles. The monoisotopic (exact) mass is 467 g/mol. The first-order chi connectivity index (χ1) is 15.0. The summed E-state index contributed by atoms with van der Waals surface area (Å²) in [6, 6.07) is 3.92. The van der Waals surface area contributed by atoms with E-state index in [1.807, 2.05) is 0 Å². The van der Waals surface area contributed by atoms with Crippen molar-refractivity contribution in [1.29, 1.82) is 0 Å². The van der Waals surface area contributed by atoms with E-state index in [0.29, 0.717) is 16.5 Å². The Morgan fingerprint density at radius 1 is 1.19 bits per heavy atom. The summed E-state index contributed by atoms with van der Waals surface area (Å²) >= 11 is 1.38. The van der Waals surface area contributed by atoms with Gasteiger partial charge in [0.15, 0.2) is 11.5 Å². The summed E-state index contributed by atoms with van der Waals surface area (Å²) < 4.78 is 39.5. The molecule has 1 atom stereocenters. The van der Waals surface area contributed by atoms with Crippen LogP contribution in [0.1, 0.15) is 58.3 Å². The van der Waals surface area contributed by atoms with Gasteiger partial charge in [-0.2, -0.15) is 8.78 Å². The van der Waals surface area contributed by atoms with Crippen molar-refractivity contribution in [3.05, 3.63) is 39.8 Å². The van der Waals surface area contributed by atoms with Crippen molar-refractivity contribution in [2.75, 3.05) is 19.5 Å². The van der Waals surface area contributed by atoms with Gasteiger partial charge in [-0.05, 0) is 54.4 Å². The van der Waals surface area contributed by atoms with Gasteiger partial charge in [-0.15, -0.1) is 11.3 Å². The number of amides is 1. The van der Waals surface area contributed by atoms with E-state index in [9.17, 15) is 18.4 Å². The van der Waals surface area contributed by atoms with Crippen LogP contribution >= 0.6 is 11.3 Å². The van der Waals surface area contributed by atoms with Crippen LogP contribution in [0.15, 0.2) is 18.2 Å². The minimum absolute atomic E-state index is 0.00429. The Morgan fingerprint density at radius 2 is 1.91 bits per heavy atom. The maximum Gasteiger partial charge on any atom is 0.387 e. The Balaban J connectivity index is 1.91. The number of anilines is 1. The van der Waals surface area contributed by atoms with Gasteiger partial charge in [0.05, 0.1) is 19.8 Å². The topological polar surface area (TPSA) is 73.9 Å². The van der Waals surface area contributed by atoms with E-state index >= 15 is 0 Å². The first-order valence-corrected chi connectivity index (χ1v) is 11.0. The number of nitrogens with one attached hydrogen (secondary N) is 1. The van der Waals surface area contributed by atoms with E-state index in [1.54, 1.807) is 0 Å². The molecule has 0 bridgehead atoms. The number of hydrogen-bond acceptors (Lipinski definition) is 6. The van der Waals surface area contributed by atoms with Crippen LogP contribution in [-0.2, 0) is 17.6 Å². The lowest BCUT2D eigenvalue weighted by molar-refractivity contribution is -0.0512. The highest BCUT2D eigenvalue weighted by molar-refractivity contribution is 7.17. The van der Waals surface area contributed by atoms with Crippen molar-refractivity contribution in [3.63, 3.8) is 0 Å². The van der Waals surface area contributed by atoms with Crippen LogP contribution in [0.4, 0.5) is 13.8 Å². The van der Waals surface area contributed by atoms with Gasteiger partial charge in [-0.25, -0.2) is 4.79 Å². The molecule has 1 aliphatic carbocycles. The second-order valence-electron chi connectivity index (χ2n) is 8.70. The van der Waals surface area contributed by atoms with Crippen LogP contribution in [0.2, 0.25) is 0 Å². The minimum atomic E-state index is -3.01. The molecule has 0 saturated heterocycles. The van der Waals surface area contributed by atoms with Gasteiger partial charge in [0.2, 0.25) is 0 Å². The highest BCUT2D eigenvalue weighted by Gasteiger charge is 2.34. The van der Waals surface area contributed by atoms with Crippen LogP contribution in [0.5, 0.6) is 11.5 Å². The van der Waals surface area contributed by atoms with E-state index in [2.05, 4.69) is 30.8 Å². The van der Waals surface area contributed by atoms with Crippen molar-refractivity contribution in [3.8, 4) is 11.5 Å². The quantitative estimate of drug-likeness (QED) is 0.564. The maximum absolute atomic E-state index is 12.9. The molecule has 1 N–H and O–H groups in total. The van der Waals surface area contributed by atoms with Crippen LogP contribution in [0.3, 0.4) is 0 Å². The number of hydrogen-bond donors (Lipinski definition) is 1. The molecule has 3 rings (SSSR count). The molecule has 0 radical (unpaired) electrons. The van der Waals surface area contributed by atoms with Crippen LogP contribution in [-0.4, -0.2) is 32.7 Å². The molecule has 1 heterocycles. The number of alkyl halides is 2. The largest absolute Gasteiger partial charge is 0.493 e. The summed E-state index contributed by atoms with van der Waals surface area (Å²) in [4.78, 5) is 26.5.